The van der Waals surface area contributed by atoms with Crippen molar-refractivity contribution in [3.05, 3.63) is 0 Å². The van der Waals surface area contributed by atoms with E-state index in [9.17, 15) is 0 Å². The second-order valence-electron chi connectivity index (χ2n) is 6.17. The molecule has 0 aliphatic heterocycles. The van der Waals surface area contributed by atoms with Crippen molar-refractivity contribution in [2.24, 2.45) is 23.7 Å². The Labute approximate surface area is 96.8 Å². The van der Waals surface area contributed by atoms with E-state index in [1.54, 1.807) is 0 Å². The van der Waals surface area contributed by atoms with Gasteiger partial charge in [0.05, 0.1) is 0 Å². The van der Waals surface area contributed by atoms with E-state index in [0.717, 1.165) is 23.7 Å². The zero-order valence-electron chi connectivity index (χ0n) is 11.3. The lowest BCUT2D eigenvalue weighted by Gasteiger charge is -2.26. The molecule has 0 aromatic heterocycles. The summed E-state index contributed by atoms with van der Waals surface area (Å²) in [7, 11) is 0. The summed E-state index contributed by atoms with van der Waals surface area (Å²) in [6, 6.07) is 0. The van der Waals surface area contributed by atoms with Crippen LogP contribution in [-0.4, -0.2) is 0 Å². The highest BCUT2D eigenvalue weighted by Crippen LogP contribution is 2.30. The van der Waals surface area contributed by atoms with E-state index in [0.29, 0.717) is 0 Å². The third-order valence-corrected chi connectivity index (χ3v) is 4.63. The molecule has 90 valence electrons. The molecule has 1 saturated carbocycles. The summed E-state index contributed by atoms with van der Waals surface area (Å²) in [4.78, 5) is 0. The zero-order chi connectivity index (χ0) is 11.3. The third kappa shape index (κ3) is 4.57. The van der Waals surface area contributed by atoms with Gasteiger partial charge >= 0.3 is 0 Å². The van der Waals surface area contributed by atoms with Crippen LogP contribution in [0.2, 0.25) is 0 Å². The van der Waals surface area contributed by atoms with E-state index in [1.807, 2.05) is 0 Å². The Balaban J connectivity index is 2.41. The second-order valence-corrected chi connectivity index (χ2v) is 6.17. The van der Waals surface area contributed by atoms with Crippen LogP contribution >= 0.6 is 0 Å². The van der Waals surface area contributed by atoms with Crippen molar-refractivity contribution < 1.29 is 0 Å². The minimum Gasteiger partial charge on any atom is -0.0625 e. The molecule has 0 nitrogen and oxygen atoms in total. The summed E-state index contributed by atoms with van der Waals surface area (Å²) < 4.78 is 0. The molecule has 0 saturated heterocycles. The average molecular weight is 210 g/mol. The summed E-state index contributed by atoms with van der Waals surface area (Å²) in [5, 5.41) is 0. The van der Waals surface area contributed by atoms with Gasteiger partial charge in [0.15, 0.2) is 0 Å². The minimum absolute atomic E-state index is 0.900. The Morgan fingerprint density at radius 2 is 1.20 bits per heavy atom. The van der Waals surface area contributed by atoms with Gasteiger partial charge in [-0.05, 0) is 23.7 Å². The van der Waals surface area contributed by atoms with E-state index in [1.165, 1.54) is 44.9 Å². The maximum atomic E-state index is 2.46. The first kappa shape index (κ1) is 13.1. The standard InChI is InChI=1S/C15H30/c1-12(2)15-10-6-5-8-13(3)14(4)9-7-11-15/h12-15H,5-11H2,1-4H3. The van der Waals surface area contributed by atoms with Crippen molar-refractivity contribution in [3.8, 4) is 0 Å². The Hall–Kier alpha value is 0. The minimum atomic E-state index is 0.900. The number of hydrogen-bond acceptors (Lipinski definition) is 0. The van der Waals surface area contributed by atoms with Gasteiger partial charge in [-0.15, -0.1) is 0 Å². The van der Waals surface area contributed by atoms with Crippen molar-refractivity contribution in [1.29, 1.82) is 0 Å². The fraction of sp³-hybridized carbons (Fsp3) is 1.00. The second kappa shape index (κ2) is 6.55. The van der Waals surface area contributed by atoms with Crippen LogP contribution in [-0.2, 0) is 0 Å². The highest BCUT2D eigenvalue weighted by atomic mass is 14.2. The maximum Gasteiger partial charge on any atom is -0.0391 e. The quantitative estimate of drug-likeness (QED) is 0.552. The molecule has 1 fully saturated rings. The SMILES string of the molecule is CC(C)C1CCCCC(C)C(C)CCC1. The van der Waals surface area contributed by atoms with E-state index < -0.39 is 0 Å². The molecular formula is C15H30. The normalized spacial score (nSPS) is 35.4. The zero-order valence-corrected chi connectivity index (χ0v) is 11.3. The van der Waals surface area contributed by atoms with Crippen LogP contribution in [0.15, 0.2) is 0 Å². The van der Waals surface area contributed by atoms with Gasteiger partial charge in [-0.3, -0.25) is 0 Å². The lowest BCUT2D eigenvalue weighted by molar-refractivity contribution is 0.257. The molecule has 0 spiro atoms. The first-order valence-electron chi connectivity index (χ1n) is 7.11. The highest BCUT2D eigenvalue weighted by Gasteiger charge is 2.18. The van der Waals surface area contributed by atoms with Crippen LogP contribution in [0.25, 0.3) is 0 Å². The van der Waals surface area contributed by atoms with Crippen molar-refractivity contribution >= 4 is 0 Å². The van der Waals surface area contributed by atoms with Crippen LogP contribution in [0, 0.1) is 23.7 Å². The molecule has 0 bridgehead atoms. The highest BCUT2D eigenvalue weighted by molar-refractivity contribution is 4.69. The summed E-state index contributed by atoms with van der Waals surface area (Å²) in [5.74, 6) is 3.82. The molecular weight excluding hydrogens is 180 g/mol. The molecule has 1 aliphatic carbocycles. The van der Waals surface area contributed by atoms with Crippen LogP contribution in [0.4, 0.5) is 0 Å². The molecule has 0 aromatic carbocycles. The van der Waals surface area contributed by atoms with Gasteiger partial charge in [-0.1, -0.05) is 72.6 Å². The fourth-order valence-corrected chi connectivity index (χ4v) is 2.95. The first-order chi connectivity index (χ1) is 7.11. The molecule has 0 heterocycles. The Morgan fingerprint density at radius 3 is 1.80 bits per heavy atom. The lowest BCUT2D eigenvalue weighted by Crippen LogP contribution is -2.14. The molecule has 1 aliphatic rings. The van der Waals surface area contributed by atoms with E-state index in [-0.39, 0.29) is 0 Å². The topological polar surface area (TPSA) is 0 Å². The van der Waals surface area contributed by atoms with Crippen molar-refractivity contribution in [1.82, 2.24) is 0 Å². The summed E-state index contributed by atoms with van der Waals surface area (Å²) >= 11 is 0. The summed E-state index contributed by atoms with van der Waals surface area (Å²) in [6.45, 7) is 9.72. The monoisotopic (exact) mass is 210 g/mol. The Morgan fingerprint density at radius 1 is 0.733 bits per heavy atom. The summed E-state index contributed by atoms with van der Waals surface area (Å²) in [6.07, 6.45) is 10.3. The molecule has 1 rings (SSSR count). The van der Waals surface area contributed by atoms with E-state index in [4.69, 9.17) is 0 Å². The Kier molecular flexibility index (Phi) is 5.71. The van der Waals surface area contributed by atoms with Gasteiger partial charge in [0, 0.05) is 0 Å². The molecule has 3 atom stereocenters. The van der Waals surface area contributed by atoms with Gasteiger partial charge in [0.25, 0.3) is 0 Å². The van der Waals surface area contributed by atoms with Gasteiger partial charge in [-0.2, -0.15) is 0 Å². The molecule has 0 radical (unpaired) electrons. The van der Waals surface area contributed by atoms with Crippen molar-refractivity contribution in [3.63, 3.8) is 0 Å². The molecule has 0 aromatic rings. The van der Waals surface area contributed by atoms with Crippen LogP contribution in [0.3, 0.4) is 0 Å². The molecule has 0 heteroatoms. The van der Waals surface area contributed by atoms with Crippen molar-refractivity contribution in [2.45, 2.75) is 72.6 Å². The van der Waals surface area contributed by atoms with Gasteiger partial charge in [-0.25, -0.2) is 0 Å². The number of rotatable bonds is 1. The van der Waals surface area contributed by atoms with Gasteiger partial charge in [0.2, 0.25) is 0 Å². The molecule has 15 heavy (non-hydrogen) atoms. The molecule has 3 unspecified atom stereocenters. The fourth-order valence-electron chi connectivity index (χ4n) is 2.95. The number of hydrogen-bond donors (Lipinski definition) is 0. The van der Waals surface area contributed by atoms with E-state index >= 15 is 0 Å². The predicted octanol–water partition coefficient (Wildman–Crippen LogP) is 5.28. The van der Waals surface area contributed by atoms with Gasteiger partial charge in [0.1, 0.15) is 0 Å². The third-order valence-electron chi connectivity index (χ3n) is 4.63. The van der Waals surface area contributed by atoms with Gasteiger partial charge < -0.3 is 0 Å². The Bertz CT molecular complexity index is 159. The van der Waals surface area contributed by atoms with Crippen LogP contribution in [0.5, 0.6) is 0 Å². The molecule has 0 N–H and O–H groups in total. The van der Waals surface area contributed by atoms with E-state index in [2.05, 4.69) is 27.7 Å². The average Bonchev–Trinajstić information content (AvgIpc) is 2.20. The van der Waals surface area contributed by atoms with Crippen LogP contribution in [0.1, 0.15) is 72.6 Å². The summed E-state index contributed by atoms with van der Waals surface area (Å²) in [5.41, 5.74) is 0. The lowest BCUT2D eigenvalue weighted by atomic mass is 9.80. The smallest absolute Gasteiger partial charge is 0.0391 e. The first-order valence-corrected chi connectivity index (χ1v) is 7.11. The van der Waals surface area contributed by atoms with Crippen molar-refractivity contribution in [2.75, 3.05) is 0 Å². The predicted molar refractivity (Wildman–Crippen MR) is 69.0 cm³/mol. The van der Waals surface area contributed by atoms with Crippen LogP contribution < -0.4 is 0 Å². The molecule has 0 amide bonds. The maximum absolute atomic E-state index is 2.46. The largest absolute Gasteiger partial charge is 0.0625 e.